The van der Waals surface area contributed by atoms with Crippen LogP contribution in [0.3, 0.4) is 0 Å². The highest BCUT2D eigenvalue weighted by Crippen LogP contribution is 2.60. The van der Waals surface area contributed by atoms with Gasteiger partial charge in [0.15, 0.2) is 0 Å². The Morgan fingerprint density at radius 1 is 0.639 bits per heavy atom. The summed E-state index contributed by atoms with van der Waals surface area (Å²) in [6, 6.07) is 27.7. The van der Waals surface area contributed by atoms with E-state index in [1.807, 2.05) is 72.8 Å². The van der Waals surface area contributed by atoms with E-state index in [1.54, 1.807) is 18.2 Å². The van der Waals surface area contributed by atoms with Crippen LogP contribution in [0.25, 0.3) is 10.8 Å². The van der Waals surface area contributed by atoms with Crippen molar-refractivity contribution in [1.29, 1.82) is 0 Å². The Morgan fingerprint density at radius 3 is 1.72 bits per heavy atom. The van der Waals surface area contributed by atoms with Gasteiger partial charge in [-0.25, -0.2) is 0 Å². The van der Waals surface area contributed by atoms with Crippen LogP contribution in [-0.4, -0.2) is 31.3 Å². The molecule has 0 bridgehead atoms. The number of carbonyl (C=O) groups is 2. The molecule has 0 aromatic heterocycles. The minimum atomic E-state index is -0.990. The lowest BCUT2D eigenvalue weighted by Gasteiger charge is -2.49. The molecule has 1 fully saturated rings. The fourth-order valence-corrected chi connectivity index (χ4v) is 5.47. The molecule has 0 aliphatic heterocycles. The third-order valence-electron chi connectivity index (χ3n) is 7.06. The van der Waals surface area contributed by atoms with Gasteiger partial charge in [-0.3, -0.25) is 9.59 Å². The predicted octanol–water partition coefficient (Wildman–Crippen LogP) is 5.66. The van der Waals surface area contributed by atoms with Crippen LogP contribution in [0.2, 0.25) is 0 Å². The van der Waals surface area contributed by atoms with Crippen molar-refractivity contribution in [2.75, 3.05) is 14.2 Å². The number of carboxylic acids is 1. The molecule has 6 nitrogen and oxygen atoms in total. The van der Waals surface area contributed by atoms with Gasteiger partial charge in [0.2, 0.25) is 0 Å². The Hall–Kier alpha value is -4.32. The highest BCUT2D eigenvalue weighted by Gasteiger charge is 2.60. The number of fused-ring (bicyclic) bond motifs is 1. The van der Waals surface area contributed by atoms with Crippen LogP contribution >= 0.6 is 0 Å². The second-order valence-corrected chi connectivity index (χ2v) is 8.82. The molecular weight excluding hydrogens is 456 g/mol. The van der Waals surface area contributed by atoms with Crippen molar-refractivity contribution in [3.63, 3.8) is 0 Å². The fraction of sp³-hybridized carbons (Fsp3) is 0.200. The minimum Gasteiger partial charge on any atom is -0.496 e. The number of benzene rings is 4. The predicted molar refractivity (Wildman–Crippen MR) is 136 cm³/mol. The molecule has 1 aliphatic rings. The Kier molecular flexibility index (Phi) is 6.34. The fourth-order valence-electron chi connectivity index (χ4n) is 5.47. The van der Waals surface area contributed by atoms with Crippen molar-refractivity contribution in [2.24, 2.45) is 11.8 Å². The molecule has 4 aromatic carbocycles. The zero-order chi connectivity index (χ0) is 25.2. The number of para-hydroxylation sites is 2. The van der Waals surface area contributed by atoms with Gasteiger partial charge in [0.25, 0.3) is 0 Å². The van der Waals surface area contributed by atoms with Crippen molar-refractivity contribution >= 4 is 22.7 Å². The number of hydrogen-bond donors (Lipinski definition) is 1. The molecule has 0 spiro atoms. The summed E-state index contributed by atoms with van der Waals surface area (Å²) in [4.78, 5) is 26.5. The highest BCUT2D eigenvalue weighted by atomic mass is 16.5. The van der Waals surface area contributed by atoms with Crippen LogP contribution in [-0.2, 0) is 9.59 Å². The van der Waals surface area contributed by atoms with Crippen LogP contribution in [0.5, 0.6) is 17.2 Å². The van der Waals surface area contributed by atoms with Crippen molar-refractivity contribution < 1.29 is 28.9 Å². The zero-order valence-corrected chi connectivity index (χ0v) is 20.0. The van der Waals surface area contributed by atoms with E-state index in [0.29, 0.717) is 28.4 Å². The molecule has 4 aromatic rings. The topological polar surface area (TPSA) is 82.1 Å². The van der Waals surface area contributed by atoms with Crippen LogP contribution in [0.15, 0.2) is 91.0 Å². The molecular formula is C30H26O6. The maximum atomic E-state index is 13.9. The molecule has 182 valence electrons. The molecule has 36 heavy (non-hydrogen) atoms. The third-order valence-corrected chi connectivity index (χ3v) is 7.06. The molecule has 1 aliphatic carbocycles. The Labute approximate surface area is 209 Å². The lowest BCUT2D eigenvalue weighted by molar-refractivity contribution is -0.158. The van der Waals surface area contributed by atoms with E-state index in [4.69, 9.17) is 14.2 Å². The summed E-state index contributed by atoms with van der Waals surface area (Å²) in [5, 5.41) is 12.1. The summed E-state index contributed by atoms with van der Waals surface area (Å²) in [6.45, 7) is 0. The first-order chi connectivity index (χ1) is 17.5. The monoisotopic (exact) mass is 482 g/mol. The summed E-state index contributed by atoms with van der Waals surface area (Å²) >= 11 is 0. The van der Waals surface area contributed by atoms with Gasteiger partial charge in [-0.05, 0) is 34.7 Å². The Balaban J connectivity index is 1.62. The maximum absolute atomic E-state index is 13.9. The summed E-state index contributed by atoms with van der Waals surface area (Å²) in [6.07, 6.45) is 0. The van der Waals surface area contributed by atoms with Crippen LogP contribution in [0.4, 0.5) is 0 Å². The van der Waals surface area contributed by atoms with Gasteiger partial charge >= 0.3 is 11.9 Å². The average molecular weight is 483 g/mol. The Morgan fingerprint density at radius 2 is 1.14 bits per heavy atom. The molecule has 2 unspecified atom stereocenters. The van der Waals surface area contributed by atoms with E-state index in [2.05, 4.69) is 0 Å². The van der Waals surface area contributed by atoms with E-state index in [1.165, 1.54) is 14.2 Å². The first-order valence-corrected chi connectivity index (χ1v) is 11.7. The van der Waals surface area contributed by atoms with E-state index >= 15 is 0 Å². The summed E-state index contributed by atoms with van der Waals surface area (Å²) in [5.74, 6) is -2.89. The first-order valence-electron chi connectivity index (χ1n) is 11.7. The number of hydrogen-bond acceptors (Lipinski definition) is 5. The standard InChI is InChI=1S/C30H26O6/c1-34-22-15-7-5-13-20(22)25-27(29(31)32)26(21-14-6-8-16-23(21)35-2)28(25)30(33)36-24-17-9-11-18-10-3-4-12-19(18)24/h3-17,25-28H,1-2H3,(H,31,32)/t25-,26?,27+,28?/m0/s1. The highest BCUT2D eigenvalue weighted by molar-refractivity contribution is 5.92. The normalized spacial score (nSPS) is 20.8. The lowest BCUT2D eigenvalue weighted by Crippen LogP contribution is -2.52. The molecule has 5 rings (SSSR count). The maximum Gasteiger partial charge on any atom is 0.315 e. The number of rotatable bonds is 7. The van der Waals surface area contributed by atoms with Gasteiger partial charge in [-0.1, -0.05) is 72.8 Å². The smallest absolute Gasteiger partial charge is 0.315 e. The van der Waals surface area contributed by atoms with Gasteiger partial charge < -0.3 is 19.3 Å². The number of methoxy groups -OCH3 is 2. The summed E-state index contributed by atoms with van der Waals surface area (Å²) in [7, 11) is 3.07. The lowest BCUT2D eigenvalue weighted by atomic mass is 9.52. The van der Waals surface area contributed by atoms with Gasteiger partial charge in [0.05, 0.1) is 26.1 Å². The third kappa shape index (κ3) is 3.94. The SMILES string of the molecule is COc1ccccc1C1C(C(=O)Oc2cccc3ccccc23)[C@@H](c2ccccc2OC)[C@H]1C(=O)O. The van der Waals surface area contributed by atoms with Crippen molar-refractivity contribution in [3.8, 4) is 17.2 Å². The van der Waals surface area contributed by atoms with Crippen molar-refractivity contribution in [3.05, 3.63) is 102 Å². The van der Waals surface area contributed by atoms with Crippen LogP contribution in [0.1, 0.15) is 23.0 Å². The van der Waals surface area contributed by atoms with E-state index in [9.17, 15) is 14.7 Å². The van der Waals surface area contributed by atoms with Crippen LogP contribution < -0.4 is 14.2 Å². The van der Waals surface area contributed by atoms with Gasteiger partial charge in [-0.2, -0.15) is 0 Å². The van der Waals surface area contributed by atoms with Crippen molar-refractivity contribution in [1.82, 2.24) is 0 Å². The second kappa shape index (κ2) is 9.74. The van der Waals surface area contributed by atoms with Crippen molar-refractivity contribution in [2.45, 2.75) is 11.8 Å². The second-order valence-electron chi connectivity index (χ2n) is 8.82. The minimum absolute atomic E-state index is 0.439. The number of ether oxygens (including phenoxy) is 3. The molecule has 0 amide bonds. The summed E-state index contributed by atoms with van der Waals surface area (Å²) in [5.41, 5.74) is 1.33. The number of carbonyl (C=O) groups excluding carboxylic acids is 1. The Bertz CT molecular complexity index is 1370. The molecule has 1 saturated carbocycles. The van der Waals surface area contributed by atoms with Gasteiger partial charge in [0.1, 0.15) is 17.2 Å². The molecule has 0 heterocycles. The van der Waals surface area contributed by atoms with E-state index in [-0.39, 0.29) is 0 Å². The van der Waals surface area contributed by atoms with Gasteiger partial charge in [0, 0.05) is 17.2 Å². The van der Waals surface area contributed by atoms with Crippen LogP contribution in [0, 0.1) is 11.8 Å². The quantitative estimate of drug-likeness (QED) is 0.270. The first kappa shape index (κ1) is 23.4. The van der Waals surface area contributed by atoms with E-state index in [0.717, 1.165) is 10.8 Å². The van der Waals surface area contributed by atoms with E-state index < -0.39 is 35.6 Å². The molecule has 4 atom stereocenters. The summed E-state index contributed by atoms with van der Waals surface area (Å²) < 4.78 is 17.1. The number of carboxylic acid groups (broad SMARTS) is 1. The zero-order valence-electron chi connectivity index (χ0n) is 20.0. The molecule has 0 radical (unpaired) electrons. The largest absolute Gasteiger partial charge is 0.496 e. The molecule has 6 heteroatoms. The molecule has 0 saturated heterocycles. The average Bonchev–Trinajstić information content (AvgIpc) is 2.88. The number of esters is 1. The molecule has 1 N–H and O–H groups in total. The number of aliphatic carboxylic acids is 1. The van der Waals surface area contributed by atoms with Gasteiger partial charge in [-0.15, -0.1) is 0 Å².